The zero-order valence-corrected chi connectivity index (χ0v) is 15.8. The summed E-state index contributed by atoms with van der Waals surface area (Å²) < 4.78 is 0. The molecule has 0 bridgehead atoms. The minimum atomic E-state index is 0.186. The predicted molar refractivity (Wildman–Crippen MR) is 102 cm³/mol. The molecule has 3 aliphatic rings. The molecule has 5 nitrogen and oxygen atoms in total. The molecule has 26 heavy (non-hydrogen) atoms. The van der Waals surface area contributed by atoms with Crippen molar-refractivity contribution in [1.29, 1.82) is 0 Å². The lowest BCUT2D eigenvalue weighted by atomic mass is 9.89. The maximum Gasteiger partial charge on any atom is 0.241 e. The van der Waals surface area contributed by atoms with E-state index in [1.54, 1.807) is 0 Å². The normalized spacial score (nSPS) is 27.9. The first kappa shape index (κ1) is 17.5. The molecule has 4 rings (SSSR count). The molecule has 2 heterocycles. The summed E-state index contributed by atoms with van der Waals surface area (Å²) in [5, 5.41) is 2.99. The molecule has 0 aromatic heterocycles. The molecule has 1 aromatic rings. The number of carbonyl (C=O) groups excluding carboxylic acids is 2. The van der Waals surface area contributed by atoms with E-state index in [1.807, 2.05) is 4.90 Å². The average molecular weight is 355 g/mol. The number of rotatable bonds is 3. The van der Waals surface area contributed by atoms with Crippen LogP contribution in [0.5, 0.6) is 0 Å². The molecule has 140 valence electrons. The minimum absolute atomic E-state index is 0.186. The van der Waals surface area contributed by atoms with E-state index in [0.717, 1.165) is 44.5 Å². The standard InChI is InChI=1S/C21H29N3O2/c1-14-5-6-19-15(8-14)4-3-7-24(19)21(26)13-23(2)18-9-16-11-20(25)22-12-17(16)10-18/h5-6,8,16-18H,3-4,7,9-13H2,1-2H3,(H,22,25)/t16-,17+,18-/m0/s1. The number of nitrogens with one attached hydrogen (secondary N) is 1. The predicted octanol–water partition coefficient (Wildman–Crippen LogP) is 2.12. The summed E-state index contributed by atoms with van der Waals surface area (Å²) in [4.78, 5) is 28.8. The van der Waals surface area contributed by atoms with E-state index in [2.05, 4.69) is 42.4 Å². The summed E-state index contributed by atoms with van der Waals surface area (Å²) in [5.41, 5.74) is 3.64. The van der Waals surface area contributed by atoms with Crippen molar-refractivity contribution in [3.8, 4) is 0 Å². The molecular weight excluding hydrogens is 326 g/mol. The Kier molecular flexibility index (Phi) is 4.74. The molecule has 2 aliphatic heterocycles. The number of nitrogens with zero attached hydrogens (tertiary/aromatic N) is 2. The number of amides is 2. The maximum atomic E-state index is 13.0. The third-order valence-electron chi connectivity index (χ3n) is 6.49. The van der Waals surface area contributed by atoms with Crippen molar-refractivity contribution in [2.24, 2.45) is 11.8 Å². The van der Waals surface area contributed by atoms with E-state index < -0.39 is 0 Å². The van der Waals surface area contributed by atoms with Crippen LogP contribution in [0.4, 0.5) is 5.69 Å². The Hall–Kier alpha value is -1.88. The molecule has 2 amide bonds. The maximum absolute atomic E-state index is 13.0. The van der Waals surface area contributed by atoms with Gasteiger partial charge in [0.15, 0.2) is 0 Å². The second-order valence-corrected chi connectivity index (χ2v) is 8.35. The second-order valence-electron chi connectivity index (χ2n) is 8.35. The number of carbonyl (C=O) groups is 2. The SMILES string of the molecule is Cc1ccc2c(c1)CCCN2C(=O)CN(C)[C@H]1C[C@H]2CC(=O)NC[C@H]2C1. The van der Waals surface area contributed by atoms with Gasteiger partial charge in [0.1, 0.15) is 0 Å². The van der Waals surface area contributed by atoms with Crippen molar-refractivity contribution >= 4 is 17.5 Å². The van der Waals surface area contributed by atoms with Crippen LogP contribution >= 0.6 is 0 Å². The number of benzene rings is 1. The van der Waals surface area contributed by atoms with Crippen LogP contribution in [-0.4, -0.2) is 49.4 Å². The van der Waals surface area contributed by atoms with Crippen molar-refractivity contribution in [3.05, 3.63) is 29.3 Å². The van der Waals surface area contributed by atoms with Crippen LogP contribution in [0.3, 0.4) is 0 Å². The van der Waals surface area contributed by atoms with Crippen molar-refractivity contribution < 1.29 is 9.59 Å². The molecule has 1 saturated heterocycles. The molecule has 5 heteroatoms. The fourth-order valence-corrected chi connectivity index (χ4v) is 5.01. The highest BCUT2D eigenvalue weighted by atomic mass is 16.2. The summed E-state index contributed by atoms with van der Waals surface area (Å²) in [6, 6.07) is 6.82. The first-order valence-electron chi connectivity index (χ1n) is 9.88. The largest absolute Gasteiger partial charge is 0.356 e. The quantitative estimate of drug-likeness (QED) is 0.904. The van der Waals surface area contributed by atoms with Gasteiger partial charge in [-0.25, -0.2) is 0 Å². The van der Waals surface area contributed by atoms with Crippen LogP contribution in [0.2, 0.25) is 0 Å². The number of aryl methyl sites for hydroxylation is 2. The van der Waals surface area contributed by atoms with E-state index in [4.69, 9.17) is 0 Å². The Labute approximate surface area is 155 Å². The Balaban J connectivity index is 1.40. The smallest absolute Gasteiger partial charge is 0.241 e. The molecule has 3 atom stereocenters. The fraction of sp³-hybridized carbons (Fsp3) is 0.619. The van der Waals surface area contributed by atoms with Crippen molar-refractivity contribution in [3.63, 3.8) is 0 Å². The van der Waals surface area contributed by atoms with Gasteiger partial charge in [-0.2, -0.15) is 0 Å². The first-order chi connectivity index (χ1) is 12.5. The van der Waals surface area contributed by atoms with Crippen molar-refractivity contribution in [2.45, 2.75) is 45.1 Å². The number of anilines is 1. The van der Waals surface area contributed by atoms with Crippen LogP contribution in [0.1, 0.15) is 36.8 Å². The lowest BCUT2D eigenvalue weighted by molar-refractivity contribution is -0.124. The van der Waals surface area contributed by atoms with Gasteiger partial charge in [-0.1, -0.05) is 17.7 Å². The highest BCUT2D eigenvalue weighted by Gasteiger charge is 2.40. The molecule has 0 radical (unpaired) electrons. The third-order valence-corrected chi connectivity index (χ3v) is 6.49. The van der Waals surface area contributed by atoms with Crippen LogP contribution < -0.4 is 10.2 Å². The Morgan fingerprint density at radius 1 is 1.31 bits per heavy atom. The lowest BCUT2D eigenvalue weighted by Crippen LogP contribution is -2.44. The van der Waals surface area contributed by atoms with Gasteiger partial charge in [0.25, 0.3) is 0 Å². The van der Waals surface area contributed by atoms with Crippen LogP contribution in [0.15, 0.2) is 18.2 Å². The summed E-state index contributed by atoms with van der Waals surface area (Å²) in [5.74, 6) is 1.45. The summed E-state index contributed by atoms with van der Waals surface area (Å²) in [6.45, 7) is 4.18. The van der Waals surface area contributed by atoms with Crippen molar-refractivity contribution in [2.75, 3.05) is 31.6 Å². The molecule has 2 fully saturated rings. The van der Waals surface area contributed by atoms with Crippen molar-refractivity contribution in [1.82, 2.24) is 10.2 Å². The number of hydrogen-bond donors (Lipinski definition) is 1. The van der Waals surface area contributed by atoms with E-state index in [9.17, 15) is 9.59 Å². The van der Waals surface area contributed by atoms with Gasteiger partial charge in [-0.3, -0.25) is 14.5 Å². The highest BCUT2D eigenvalue weighted by molar-refractivity contribution is 5.96. The van der Waals surface area contributed by atoms with Gasteiger partial charge >= 0.3 is 0 Å². The molecule has 0 spiro atoms. The second kappa shape index (κ2) is 7.03. The third kappa shape index (κ3) is 3.37. The van der Waals surface area contributed by atoms with Gasteiger partial charge < -0.3 is 10.2 Å². The van der Waals surface area contributed by atoms with Gasteiger partial charge in [0, 0.05) is 31.2 Å². The monoisotopic (exact) mass is 355 g/mol. The molecule has 1 saturated carbocycles. The zero-order valence-electron chi connectivity index (χ0n) is 15.8. The lowest BCUT2D eigenvalue weighted by Gasteiger charge is -2.32. The number of hydrogen-bond acceptors (Lipinski definition) is 3. The van der Waals surface area contributed by atoms with Gasteiger partial charge in [-0.15, -0.1) is 0 Å². The van der Waals surface area contributed by atoms with Gasteiger partial charge in [-0.05, 0) is 63.1 Å². The first-order valence-corrected chi connectivity index (χ1v) is 9.88. The number of likely N-dealkylation sites (N-methyl/N-ethyl adjacent to an activating group) is 1. The van der Waals surface area contributed by atoms with E-state index in [1.165, 1.54) is 11.1 Å². The van der Waals surface area contributed by atoms with Gasteiger partial charge in [0.05, 0.1) is 6.54 Å². The van der Waals surface area contributed by atoms with E-state index in [-0.39, 0.29) is 11.8 Å². The fourth-order valence-electron chi connectivity index (χ4n) is 5.01. The number of fused-ring (bicyclic) bond motifs is 2. The van der Waals surface area contributed by atoms with Crippen LogP contribution in [0, 0.1) is 18.8 Å². The van der Waals surface area contributed by atoms with E-state index in [0.29, 0.717) is 30.8 Å². The summed E-state index contributed by atoms with van der Waals surface area (Å²) >= 11 is 0. The Morgan fingerprint density at radius 2 is 2.12 bits per heavy atom. The number of piperidine rings is 1. The van der Waals surface area contributed by atoms with Gasteiger partial charge in [0.2, 0.25) is 11.8 Å². The summed E-state index contributed by atoms with van der Waals surface area (Å²) in [7, 11) is 2.06. The molecular formula is C21H29N3O2. The highest BCUT2D eigenvalue weighted by Crippen LogP contribution is 2.38. The molecule has 1 aliphatic carbocycles. The summed E-state index contributed by atoms with van der Waals surface area (Å²) in [6.07, 6.45) is 4.88. The Morgan fingerprint density at radius 3 is 2.96 bits per heavy atom. The topological polar surface area (TPSA) is 52.7 Å². The minimum Gasteiger partial charge on any atom is -0.356 e. The average Bonchev–Trinajstić information content (AvgIpc) is 3.04. The Bertz CT molecular complexity index is 717. The molecule has 1 aromatic carbocycles. The van der Waals surface area contributed by atoms with E-state index >= 15 is 0 Å². The van der Waals surface area contributed by atoms with Crippen LogP contribution in [-0.2, 0) is 16.0 Å². The zero-order chi connectivity index (χ0) is 18.3. The molecule has 1 N–H and O–H groups in total. The molecule has 0 unspecified atom stereocenters. The van der Waals surface area contributed by atoms with Crippen LogP contribution in [0.25, 0.3) is 0 Å².